The van der Waals surface area contributed by atoms with Crippen LogP contribution >= 0.6 is 0 Å². The largest absolute Gasteiger partial charge is 0.445 e. The van der Waals surface area contributed by atoms with Crippen LogP contribution in [-0.4, -0.2) is 47.0 Å². The number of unbranched alkanes of at least 4 members (excludes halogenated alkanes) is 1. The van der Waals surface area contributed by atoms with Crippen molar-refractivity contribution in [2.24, 2.45) is 0 Å². The van der Waals surface area contributed by atoms with Crippen LogP contribution in [0.1, 0.15) is 51.2 Å². The van der Waals surface area contributed by atoms with Gasteiger partial charge in [0.15, 0.2) is 0 Å². The smallest absolute Gasteiger partial charge is 0.408 e. The second kappa shape index (κ2) is 14.4. The van der Waals surface area contributed by atoms with Crippen molar-refractivity contribution in [2.45, 2.75) is 64.8 Å². The molecule has 0 spiro atoms. The van der Waals surface area contributed by atoms with E-state index >= 15 is 0 Å². The second-order valence-corrected chi connectivity index (χ2v) is 9.09. The molecule has 0 aliphatic heterocycles. The lowest BCUT2D eigenvalue weighted by Crippen LogP contribution is -2.48. The molecule has 10 nitrogen and oxygen atoms in total. The van der Waals surface area contributed by atoms with Crippen LogP contribution in [0.3, 0.4) is 0 Å². The molecule has 1 aromatic carbocycles. The van der Waals surface area contributed by atoms with Gasteiger partial charge in [0.2, 0.25) is 5.78 Å². The van der Waals surface area contributed by atoms with Crippen LogP contribution in [0, 0.1) is 0 Å². The fraction of sp³-hybridized carbons (Fsp3) is 0.423. The Hall–Kier alpha value is -3.95. The number of pyridine rings is 1. The number of hydrogen-bond acceptors (Lipinski definition) is 7. The number of aromatic nitrogens is 1. The van der Waals surface area contributed by atoms with Gasteiger partial charge in [0, 0.05) is 25.5 Å². The zero-order valence-electron chi connectivity index (χ0n) is 20.9. The lowest BCUT2D eigenvalue weighted by molar-refractivity contribution is -0.139. The minimum Gasteiger partial charge on any atom is -0.445 e. The van der Waals surface area contributed by atoms with Crippen molar-refractivity contribution in [3.63, 3.8) is 0 Å². The Morgan fingerprint density at radius 2 is 1.64 bits per heavy atom. The highest BCUT2D eigenvalue weighted by Gasteiger charge is 2.28. The topological polar surface area (TPSA) is 136 Å². The van der Waals surface area contributed by atoms with Crippen molar-refractivity contribution in [1.82, 2.24) is 20.9 Å². The fourth-order valence-electron chi connectivity index (χ4n) is 3.09. The van der Waals surface area contributed by atoms with Crippen molar-refractivity contribution < 1.29 is 28.7 Å². The van der Waals surface area contributed by atoms with Crippen LogP contribution in [0.15, 0.2) is 54.9 Å². The summed E-state index contributed by atoms with van der Waals surface area (Å²) in [6.07, 6.45) is 3.02. The van der Waals surface area contributed by atoms with Crippen LogP contribution in [0.5, 0.6) is 0 Å². The summed E-state index contributed by atoms with van der Waals surface area (Å²) in [5, 5.41) is 7.69. The van der Waals surface area contributed by atoms with Crippen molar-refractivity contribution in [3.05, 3.63) is 66.0 Å². The summed E-state index contributed by atoms with van der Waals surface area (Å²) in [5.41, 5.74) is 0.856. The van der Waals surface area contributed by atoms with Crippen LogP contribution < -0.4 is 16.0 Å². The van der Waals surface area contributed by atoms with Crippen LogP contribution in [0.25, 0.3) is 0 Å². The molecule has 0 aliphatic rings. The van der Waals surface area contributed by atoms with Crippen molar-refractivity contribution in [3.8, 4) is 0 Å². The van der Waals surface area contributed by atoms with E-state index in [4.69, 9.17) is 9.47 Å². The number of carbonyl (C=O) groups is 4. The van der Waals surface area contributed by atoms with Gasteiger partial charge in [-0.15, -0.1) is 0 Å². The summed E-state index contributed by atoms with van der Waals surface area (Å²) >= 11 is 0. The first kappa shape index (κ1) is 28.3. The maximum Gasteiger partial charge on any atom is 0.408 e. The normalized spacial score (nSPS) is 11.6. The summed E-state index contributed by atoms with van der Waals surface area (Å²) in [6.45, 7) is 5.71. The van der Waals surface area contributed by atoms with E-state index in [2.05, 4.69) is 20.9 Å². The fourth-order valence-corrected chi connectivity index (χ4v) is 3.09. The molecule has 3 amide bonds. The third-order valence-electron chi connectivity index (χ3n) is 4.81. The monoisotopic (exact) mass is 498 g/mol. The van der Waals surface area contributed by atoms with E-state index in [1.54, 1.807) is 45.3 Å². The molecule has 0 unspecified atom stereocenters. The van der Waals surface area contributed by atoms with Gasteiger partial charge in [-0.2, -0.15) is 0 Å². The molecule has 2 aromatic rings. The number of ether oxygens (including phenoxy) is 2. The van der Waals surface area contributed by atoms with Gasteiger partial charge in [0.05, 0.1) is 0 Å². The molecule has 0 saturated carbocycles. The molecule has 36 heavy (non-hydrogen) atoms. The molecule has 0 bridgehead atoms. The summed E-state index contributed by atoms with van der Waals surface area (Å²) in [7, 11) is 0. The van der Waals surface area contributed by atoms with Gasteiger partial charge in [0.25, 0.3) is 5.91 Å². The van der Waals surface area contributed by atoms with E-state index < -0.39 is 35.5 Å². The van der Waals surface area contributed by atoms with Crippen molar-refractivity contribution in [1.29, 1.82) is 0 Å². The lowest BCUT2D eigenvalue weighted by atomic mass is 10.0. The molecule has 1 heterocycles. The molecule has 1 aromatic heterocycles. The first-order valence-electron chi connectivity index (χ1n) is 11.8. The lowest BCUT2D eigenvalue weighted by Gasteiger charge is -2.23. The molecule has 3 N–H and O–H groups in total. The average molecular weight is 499 g/mol. The minimum absolute atomic E-state index is 0.132. The standard InChI is InChI=1S/C26H34N4O6/c1-26(2,3)36-25(34)30-21(22(31)23(32)29-17-20-12-9-14-27-16-20)13-7-8-15-28-24(33)35-18-19-10-5-4-6-11-19/h4-6,9-12,14,16,21H,7-8,13,15,17-18H2,1-3H3,(H,28,33)(H,29,32)(H,30,34)/t21-/m0/s1. The third kappa shape index (κ3) is 11.5. The molecule has 1 atom stereocenters. The summed E-state index contributed by atoms with van der Waals surface area (Å²) in [4.78, 5) is 53.3. The predicted molar refractivity (Wildman–Crippen MR) is 133 cm³/mol. The van der Waals surface area contributed by atoms with Gasteiger partial charge in [-0.05, 0) is 57.2 Å². The van der Waals surface area contributed by atoms with Gasteiger partial charge in [-0.3, -0.25) is 14.6 Å². The Labute approximate surface area is 211 Å². The Kier molecular flexibility index (Phi) is 11.4. The van der Waals surface area contributed by atoms with Crippen molar-refractivity contribution in [2.75, 3.05) is 6.54 Å². The number of ketones is 1. The zero-order valence-corrected chi connectivity index (χ0v) is 20.9. The first-order valence-corrected chi connectivity index (χ1v) is 11.8. The third-order valence-corrected chi connectivity index (χ3v) is 4.81. The van der Waals surface area contributed by atoms with Gasteiger partial charge >= 0.3 is 12.2 Å². The number of hydrogen-bond donors (Lipinski definition) is 3. The van der Waals surface area contributed by atoms with E-state index in [0.717, 1.165) is 11.1 Å². The van der Waals surface area contributed by atoms with Crippen molar-refractivity contribution >= 4 is 23.9 Å². The van der Waals surface area contributed by atoms with E-state index in [-0.39, 0.29) is 19.6 Å². The molecule has 0 fully saturated rings. The van der Waals surface area contributed by atoms with E-state index in [1.165, 1.54) is 0 Å². The number of nitrogens with zero attached hydrogens (tertiary/aromatic N) is 1. The van der Waals surface area contributed by atoms with E-state index in [9.17, 15) is 19.2 Å². The highest BCUT2D eigenvalue weighted by atomic mass is 16.6. The molecule has 2 rings (SSSR count). The van der Waals surface area contributed by atoms with Crippen LogP contribution in [-0.2, 0) is 32.2 Å². The molecule has 0 aliphatic carbocycles. The molecule has 0 radical (unpaired) electrons. The number of alkyl carbamates (subject to hydrolysis) is 2. The Morgan fingerprint density at radius 3 is 2.31 bits per heavy atom. The van der Waals surface area contributed by atoms with Crippen LogP contribution in [0.4, 0.5) is 9.59 Å². The number of amides is 3. The highest BCUT2D eigenvalue weighted by Crippen LogP contribution is 2.09. The number of carbonyl (C=O) groups excluding carboxylic acids is 4. The number of Topliss-reactive ketones (excluding diaryl/α,β-unsaturated/α-hetero) is 1. The zero-order chi connectivity index (χ0) is 26.4. The SMILES string of the molecule is CC(C)(C)OC(=O)N[C@@H](CCCCNC(=O)OCc1ccccc1)C(=O)C(=O)NCc1cccnc1. The van der Waals surface area contributed by atoms with Gasteiger partial charge in [-0.1, -0.05) is 36.4 Å². The minimum atomic E-state index is -1.07. The first-order chi connectivity index (χ1) is 17.1. The van der Waals surface area contributed by atoms with E-state index in [1.807, 2.05) is 30.3 Å². The molecule has 194 valence electrons. The maximum absolute atomic E-state index is 12.8. The number of nitrogens with one attached hydrogen (secondary N) is 3. The van der Waals surface area contributed by atoms with E-state index in [0.29, 0.717) is 19.4 Å². The molecule has 10 heteroatoms. The van der Waals surface area contributed by atoms with Gasteiger partial charge in [-0.25, -0.2) is 9.59 Å². The second-order valence-electron chi connectivity index (χ2n) is 9.09. The Balaban J connectivity index is 1.81. The average Bonchev–Trinajstić information content (AvgIpc) is 2.84. The number of rotatable bonds is 12. The number of benzene rings is 1. The molecule has 0 saturated heterocycles. The predicted octanol–water partition coefficient (Wildman–Crippen LogP) is 3.26. The summed E-state index contributed by atoms with van der Waals surface area (Å²) in [6, 6.07) is 11.7. The van der Waals surface area contributed by atoms with Gasteiger partial charge < -0.3 is 25.4 Å². The Morgan fingerprint density at radius 1 is 0.917 bits per heavy atom. The van der Waals surface area contributed by atoms with Crippen LogP contribution in [0.2, 0.25) is 0 Å². The summed E-state index contributed by atoms with van der Waals surface area (Å²) < 4.78 is 10.4. The van der Waals surface area contributed by atoms with Gasteiger partial charge in [0.1, 0.15) is 18.2 Å². The molecular formula is C26H34N4O6. The quantitative estimate of drug-likeness (QED) is 0.302. The summed E-state index contributed by atoms with van der Waals surface area (Å²) in [5.74, 6) is -1.59. The molecular weight excluding hydrogens is 464 g/mol. The Bertz CT molecular complexity index is 992. The highest BCUT2D eigenvalue weighted by molar-refractivity contribution is 6.38. The maximum atomic E-state index is 12.8.